The van der Waals surface area contributed by atoms with Crippen molar-refractivity contribution in [3.8, 4) is 17.1 Å². The molecule has 0 spiro atoms. The Morgan fingerprint density at radius 1 is 1.10 bits per heavy atom. The number of aliphatic hydroxyl groups excluding tert-OH is 1. The number of aryl methyl sites for hydroxylation is 1. The number of carboxylic acid groups (broad SMARTS) is 1. The molecule has 8 nitrogen and oxygen atoms in total. The number of H-pyrrole nitrogens is 1. The molecule has 1 aliphatic heterocycles. The standard InChI is InChI=1S/C31H37N3O5/c1-19-16-25-26(17-27(32-25)39-24-12-14-34(15-13-24)30(38)31(2,3)18-35)33-28(19)22-8-4-20(5-9-22)21-6-10-23(11-7-21)29(36)37/h4-6,8-9,16-17,23-24,32,35H,7,10-15,18H2,1-3H3,(H,36,37). The summed E-state index contributed by atoms with van der Waals surface area (Å²) < 4.78 is 6.25. The Morgan fingerprint density at radius 3 is 2.41 bits per heavy atom. The monoisotopic (exact) mass is 531 g/mol. The molecule has 1 saturated heterocycles. The first-order chi connectivity index (χ1) is 18.6. The van der Waals surface area contributed by atoms with E-state index in [2.05, 4.69) is 41.4 Å². The van der Waals surface area contributed by atoms with Crippen molar-refractivity contribution < 1.29 is 24.5 Å². The van der Waals surface area contributed by atoms with Gasteiger partial charge in [-0.1, -0.05) is 30.3 Å². The second kappa shape index (κ2) is 10.8. The zero-order valence-electron chi connectivity index (χ0n) is 22.9. The van der Waals surface area contributed by atoms with E-state index in [-0.39, 0.29) is 24.5 Å². The number of nitrogens with zero attached hydrogens (tertiary/aromatic N) is 2. The van der Waals surface area contributed by atoms with Crippen LogP contribution in [0.15, 0.2) is 42.5 Å². The zero-order chi connectivity index (χ0) is 27.7. The van der Waals surface area contributed by atoms with Crippen LogP contribution in [0.5, 0.6) is 5.88 Å². The highest BCUT2D eigenvalue weighted by Gasteiger charge is 2.34. The predicted molar refractivity (Wildman–Crippen MR) is 150 cm³/mol. The molecule has 0 saturated carbocycles. The number of aliphatic hydroxyl groups is 1. The van der Waals surface area contributed by atoms with Crippen molar-refractivity contribution in [1.82, 2.24) is 14.9 Å². The number of likely N-dealkylation sites (tertiary alicyclic amines) is 1. The molecule has 206 valence electrons. The highest BCUT2D eigenvalue weighted by atomic mass is 16.5. The van der Waals surface area contributed by atoms with Crippen molar-refractivity contribution in [1.29, 1.82) is 0 Å². The molecule has 3 N–H and O–H groups in total. The van der Waals surface area contributed by atoms with E-state index in [4.69, 9.17) is 9.72 Å². The minimum atomic E-state index is -0.759. The van der Waals surface area contributed by atoms with Crippen LogP contribution in [0.3, 0.4) is 0 Å². The van der Waals surface area contributed by atoms with Crippen LogP contribution in [-0.4, -0.2) is 62.8 Å². The van der Waals surface area contributed by atoms with Gasteiger partial charge in [-0.3, -0.25) is 9.59 Å². The first-order valence-corrected chi connectivity index (χ1v) is 13.7. The maximum Gasteiger partial charge on any atom is 0.306 e. The van der Waals surface area contributed by atoms with Crippen LogP contribution in [0, 0.1) is 18.3 Å². The summed E-state index contributed by atoms with van der Waals surface area (Å²) in [6.45, 7) is 6.65. The summed E-state index contributed by atoms with van der Waals surface area (Å²) in [5, 5.41) is 18.7. The van der Waals surface area contributed by atoms with Gasteiger partial charge in [0.1, 0.15) is 6.10 Å². The van der Waals surface area contributed by atoms with Crippen LogP contribution >= 0.6 is 0 Å². The van der Waals surface area contributed by atoms with Crippen molar-refractivity contribution >= 4 is 28.5 Å². The number of fused-ring (bicyclic) bond motifs is 1. The van der Waals surface area contributed by atoms with E-state index < -0.39 is 11.4 Å². The third kappa shape index (κ3) is 5.71. The summed E-state index contributed by atoms with van der Waals surface area (Å²) in [7, 11) is 0. The van der Waals surface area contributed by atoms with Crippen LogP contribution < -0.4 is 4.74 Å². The number of pyridine rings is 1. The highest BCUT2D eigenvalue weighted by molar-refractivity contribution is 5.83. The summed E-state index contributed by atoms with van der Waals surface area (Å²) in [6.07, 6.45) is 5.58. The van der Waals surface area contributed by atoms with Crippen molar-refractivity contribution in [2.75, 3.05) is 19.7 Å². The Labute approximate surface area is 228 Å². The maximum absolute atomic E-state index is 12.6. The number of ether oxygens (including phenoxy) is 1. The fraction of sp³-hybridized carbons (Fsp3) is 0.452. The first-order valence-electron chi connectivity index (χ1n) is 13.7. The number of aromatic amines is 1. The Morgan fingerprint density at radius 2 is 1.79 bits per heavy atom. The maximum atomic E-state index is 12.6. The predicted octanol–water partition coefficient (Wildman–Crippen LogP) is 5.19. The third-order valence-corrected chi connectivity index (χ3v) is 8.05. The lowest BCUT2D eigenvalue weighted by Gasteiger charge is -2.36. The molecule has 2 aliphatic rings. The lowest BCUT2D eigenvalue weighted by atomic mass is 9.86. The van der Waals surface area contributed by atoms with Gasteiger partial charge in [0.2, 0.25) is 5.91 Å². The number of carbonyl (C=O) groups is 2. The molecule has 3 heterocycles. The van der Waals surface area contributed by atoms with E-state index in [1.54, 1.807) is 13.8 Å². The number of aromatic nitrogens is 2. The Hall–Kier alpha value is -3.65. The Bertz CT molecular complexity index is 1400. The molecule has 1 aromatic carbocycles. The smallest absolute Gasteiger partial charge is 0.306 e. The topological polar surface area (TPSA) is 116 Å². The second-order valence-electron chi connectivity index (χ2n) is 11.5. The van der Waals surface area contributed by atoms with Gasteiger partial charge < -0.3 is 24.8 Å². The summed E-state index contributed by atoms with van der Waals surface area (Å²) in [6, 6.07) is 12.4. The SMILES string of the molecule is Cc1cc2[nH]c(OC3CCN(C(=O)C(C)(C)CO)CC3)cc2nc1-c1ccc(C2=CCC(C(=O)O)CC2)cc1. The van der Waals surface area contributed by atoms with Gasteiger partial charge >= 0.3 is 5.97 Å². The first kappa shape index (κ1) is 26.9. The lowest BCUT2D eigenvalue weighted by molar-refractivity contribution is -0.144. The summed E-state index contributed by atoms with van der Waals surface area (Å²) in [5.74, 6) is -0.329. The summed E-state index contributed by atoms with van der Waals surface area (Å²) in [5.41, 5.74) is 6.34. The largest absolute Gasteiger partial charge is 0.481 e. The van der Waals surface area contributed by atoms with E-state index in [0.29, 0.717) is 31.8 Å². The molecule has 2 aromatic heterocycles. The van der Waals surface area contributed by atoms with E-state index in [1.807, 2.05) is 17.9 Å². The molecule has 3 aromatic rings. The number of amides is 1. The van der Waals surface area contributed by atoms with Gasteiger partial charge in [-0.2, -0.15) is 0 Å². The van der Waals surface area contributed by atoms with Gasteiger partial charge in [-0.05, 0) is 62.8 Å². The van der Waals surface area contributed by atoms with Gasteiger partial charge in [0.05, 0.1) is 34.7 Å². The number of aliphatic carboxylic acids is 1. The van der Waals surface area contributed by atoms with Gasteiger partial charge in [-0.15, -0.1) is 0 Å². The molecule has 39 heavy (non-hydrogen) atoms. The normalized spacial score (nSPS) is 18.7. The van der Waals surface area contributed by atoms with Gasteiger partial charge in [-0.25, -0.2) is 4.98 Å². The zero-order valence-corrected chi connectivity index (χ0v) is 22.9. The van der Waals surface area contributed by atoms with Crippen LogP contribution in [-0.2, 0) is 9.59 Å². The van der Waals surface area contributed by atoms with Gasteiger partial charge in [0.25, 0.3) is 0 Å². The quantitative estimate of drug-likeness (QED) is 0.386. The van der Waals surface area contributed by atoms with Crippen LogP contribution in [0.2, 0.25) is 0 Å². The Kier molecular flexibility index (Phi) is 7.49. The van der Waals surface area contributed by atoms with Crippen molar-refractivity contribution in [3.05, 3.63) is 53.6 Å². The van der Waals surface area contributed by atoms with Crippen molar-refractivity contribution in [2.45, 2.75) is 59.0 Å². The minimum Gasteiger partial charge on any atom is -0.481 e. The molecule has 1 unspecified atom stereocenters. The molecular formula is C31H37N3O5. The molecule has 8 heteroatoms. The molecule has 5 rings (SSSR count). The second-order valence-corrected chi connectivity index (χ2v) is 11.5. The number of rotatable bonds is 7. The highest BCUT2D eigenvalue weighted by Crippen LogP contribution is 2.33. The molecule has 1 aliphatic carbocycles. The van der Waals surface area contributed by atoms with E-state index in [0.717, 1.165) is 52.7 Å². The molecular weight excluding hydrogens is 494 g/mol. The van der Waals surface area contributed by atoms with Crippen LogP contribution in [0.1, 0.15) is 57.1 Å². The van der Waals surface area contributed by atoms with Crippen LogP contribution in [0.25, 0.3) is 27.9 Å². The lowest BCUT2D eigenvalue weighted by Crippen LogP contribution is -2.48. The van der Waals surface area contributed by atoms with E-state index >= 15 is 0 Å². The molecule has 0 radical (unpaired) electrons. The number of carbonyl (C=O) groups excluding carboxylic acids is 1. The Balaban J connectivity index is 1.25. The summed E-state index contributed by atoms with van der Waals surface area (Å²) >= 11 is 0. The average Bonchev–Trinajstić information content (AvgIpc) is 3.33. The number of hydrogen-bond donors (Lipinski definition) is 3. The molecule has 1 atom stereocenters. The number of benzene rings is 1. The average molecular weight is 532 g/mol. The van der Waals surface area contributed by atoms with E-state index in [1.165, 1.54) is 5.57 Å². The molecule has 1 amide bonds. The van der Waals surface area contributed by atoms with Gasteiger partial charge in [0, 0.05) is 37.6 Å². The van der Waals surface area contributed by atoms with Crippen molar-refractivity contribution in [2.24, 2.45) is 11.3 Å². The van der Waals surface area contributed by atoms with E-state index in [9.17, 15) is 19.8 Å². The number of carboxylic acids is 1. The number of allylic oxidation sites excluding steroid dienone is 2. The number of piperidine rings is 1. The molecule has 1 fully saturated rings. The summed E-state index contributed by atoms with van der Waals surface area (Å²) in [4.78, 5) is 34.0. The number of nitrogens with one attached hydrogen (secondary N) is 1. The minimum absolute atomic E-state index is 0.00679. The number of hydrogen-bond acceptors (Lipinski definition) is 5. The van der Waals surface area contributed by atoms with Crippen molar-refractivity contribution in [3.63, 3.8) is 0 Å². The fourth-order valence-electron chi connectivity index (χ4n) is 5.50. The third-order valence-electron chi connectivity index (χ3n) is 8.05. The fourth-order valence-corrected chi connectivity index (χ4v) is 5.50. The van der Waals surface area contributed by atoms with Gasteiger partial charge in [0.15, 0.2) is 5.88 Å². The van der Waals surface area contributed by atoms with Crippen LogP contribution in [0.4, 0.5) is 0 Å². The molecule has 0 bridgehead atoms.